The van der Waals surface area contributed by atoms with Crippen LogP contribution in [0.2, 0.25) is 0 Å². The van der Waals surface area contributed by atoms with Gasteiger partial charge in [0.1, 0.15) is 17.3 Å². The molecule has 1 atom stereocenters. The Morgan fingerprint density at radius 1 is 1.20 bits per heavy atom. The minimum absolute atomic E-state index is 0.180. The summed E-state index contributed by atoms with van der Waals surface area (Å²) in [5.41, 5.74) is 1.83. The molecule has 1 aliphatic heterocycles. The number of amides is 2. The van der Waals surface area contributed by atoms with Crippen molar-refractivity contribution in [2.45, 2.75) is 65.7 Å². The zero-order valence-corrected chi connectivity index (χ0v) is 18.1. The van der Waals surface area contributed by atoms with Gasteiger partial charge >= 0.3 is 0 Å². The molecule has 4 rings (SSSR count). The lowest BCUT2D eigenvalue weighted by molar-refractivity contribution is -0.120. The third-order valence-corrected chi connectivity index (χ3v) is 5.52. The highest BCUT2D eigenvalue weighted by Crippen LogP contribution is 2.29. The van der Waals surface area contributed by atoms with Crippen LogP contribution in [0.4, 0.5) is 5.82 Å². The van der Waals surface area contributed by atoms with E-state index in [2.05, 4.69) is 20.4 Å². The van der Waals surface area contributed by atoms with Gasteiger partial charge in [0.25, 0.3) is 17.8 Å². The number of anilines is 1. The average molecular weight is 409 g/mol. The van der Waals surface area contributed by atoms with Gasteiger partial charge in [-0.3, -0.25) is 9.59 Å². The predicted molar refractivity (Wildman–Crippen MR) is 114 cm³/mol. The molecule has 30 heavy (non-hydrogen) atoms. The van der Waals surface area contributed by atoms with Crippen molar-refractivity contribution in [2.24, 2.45) is 15.9 Å². The predicted octanol–water partition coefficient (Wildman–Crippen LogP) is 4.02. The summed E-state index contributed by atoms with van der Waals surface area (Å²) in [5, 5.41) is 7.54. The minimum atomic E-state index is -0.308. The topological polar surface area (TPSA) is 102 Å². The Morgan fingerprint density at radius 3 is 2.63 bits per heavy atom. The largest absolute Gasteiger partial charge is 0.466 e. The Morgan fingerprint density at radius 2 is 1.97 bits per heavy atom. The molecule has 1 saturated carbocycles. The molecule has 1 N–H and O–H groups in total. The van der Waals surface area contributed by atoms with Gasteiger partial charge in [-0.2, -0.15) is 14.8 Å². The molecule has 0 bridgehead atoms. The Bertz CT molecular complexity index is 1080. The lowest BCUT2D eigenvalue weighted by Crippen LogP contribution is -2.34. The first-order chi connectivity index (χ1) is 14.1. The van der Waals surface area contributed by atoms with Crippen LogP contribution in [-0.2, 0) is 10.2 Å². The van der Waals surface area contributed by atoms with Crippen LogP contribution in [0.3, 0.4) is 0 Å². The summed E-state index contributed by atoms with van der Waals surface area (Å²) in [4.78, 5) is 34.4. The number of furan rings is 1. The van der Waals surface area contributed by atoms with Crippen molar-refractivity contribution in [1.29, 1.82) is 0 Å². The number of aryl methyl sites for hydroxylation is 2. The number of hydrogen-bond donors (Lipinski definition) is 1. The van der Waals surface area contributed by atoms with Crippen LogP contribution in [0.15, 0.2) is 26.5 Å². The third kappa shape index (κ3) is 3.74. The van der Waals surface area contributed by atoms with Crippen LogP contribution < -0.4 is 5.32 Å². The summed E-state index contributed by atoms with van der Waals surface area (Å²) >= 11 is 0. The molecule has 0 spiro atoms. The number of hydrogen-bond acceptors (Lipinski definition) is 5. The van der Waals surface area contributed by atoms with E-state index in [0.717, 1.165) is 37.1 Å². The molecule has 8 heteroatoms. The number of aromatic nitrogens is 2. The van der Waals surface area contributed by atoms with E-state index in [-0.39, 0.29) is 29.1 Å². The smallest absolute Gasteiger partial charge is 0.260 e. The number of nitrogens with one attached hydrogen (secondary N) is 1. The van der Waals surface area contributed by atoms with Gasteiger partial charge in [0.15, 0.2) is 0 Å². The fraction of sp³-hybridized carbons (Fsp3) is 0.500. The van der Waals surface area contributed by atoms with Gasteiger partial charge in [-0.1, -0.05) is 27.2 Å². The first-order valence-corrected chi connectivity index (χ1v) is 10.3. The van der Waals surface area contributed by atoms with Crippen LogP contribution in [-0.4, -0.2) is 33.3 Å². The first-order valence-electron chi connectivity index (χ1n) is 10.3. The second-order valence-corrected chi connectivity index (χ2v) is 9.01. The fourth-order valence-corrected chi connectivity index (χ4v) is 3.85. The molecule has 2 aromatic rings. The van der Waals surface area contributed by atoms with Crippen LogP contribution in [0.25, 0.3) is 0 Å². The average Bonchev–Trinajstić information content (AvgIpc) is 3.24. The number of aliphatic imine (C=N–C) groups is 2. The van der Waals surface area contributed by atoms with Gasteiger partial charge in [-0.05, 0) is 39.2 Å². The number of carbonyl (C=O) groups excluding carboxylic acids is 2. The van der Waals surface area contributed by atoms with Crippen LogP contribution in [0, 0.1) is 19.8 Å². The van der Waals surface area contributed by atoms with Crippen molar-refractivity contribution in [2.75, 3.05) is 5.32 Å². The zero-order valence-electron chi connectivity index (χ0n) is 18.1. The number of carbonyl (C=O) groups is 2. The molecule has 2 aromatic heterocycles. The second kappa shape index (κ2) is 7.34. The maximum absolute atomic E-state index is 12.9. The van der Waals surface area contributed by atoms with Crippen LogP contribution in [0.1, 0.15) is 74.0 Å². The highest BCUT2D eigenvalue weighted by molar-refractivity contribution is 6.16. The Hall–Kier alpha value is -3.03. The molecule has 0 saturated heterocycles. The fourth-order valence-electron chi connectivity index (χ4n) is 3.85. The molecule has 3 heterocycles. The molecule has 1 unspecified atom stereocenters. The minimum Gasteiger partial charge on any atom is -0.466 e. The summed E-state index contributed by atoms with van der Waals surface area (Å²) in [6.45, 7) is 9.65. The van der Waals surface area contributed by atoms with Gasteiger partial charge < -0.3 is 9.73 Å². The molecule has 1 aliphatic carbocycles. The molecule has 0 radical (unpaired) electrons. The molecule has 158 valence electrons. The highest BCUT2D eigenvalue weighted by atomic mass is 16.3. The summed E-state index contributed by atoms with van der Waals surface area (Å²) in [6, 6.07) is 3.50. The van der Waals surface area contributed by atoms with E-state index in [4.69, 9.17) is 4.42 Å². The SMILES string of the molecule is Cc1cc(C(=O)Nc2cc(C(C)(C)C)nn2C2=NC(=O)C3CCCCC3=N2)c(C)o1. The van der Waals surface area contributed by atoms with E-state index in [1.54, 1.807) is 26.0 Å². The molecular formula is C22H27N5O3. The quantitative estimate of drug-likeness (QED) is 0.809. The molecule has 2 amide bonds. The van der Waals surface area contributed by atoms with E-state index >= 15 is 0 Å². The van der Waals surface area contributed by atoms with E-state index in [1.165, 1.54) is 4.68 Å². The van der Waals surface area contributed by atoms with Gasteiger partial charge in [0, 0.05) is 17.2 Å². The Balaban J connectivity index is 1.73. The van der Waals surface area contributed by atoms with Gasteiger partial charge in [0.2, 0.25) is 0 Å². The maximum Gasteiger partial charge on any atom is 0.260 e. The molecule has 8 nitrogen and oxygen atoms in total. The van der Waals surface area contributed by atoms with E-state index in [0.29, 0.717) is 22.9 Å². The Labute approximate surface area is 175 Å². The second-order valence-electron chi connectivity index (χ2n) is 9.01. The Kier molecular flexibility index (Phi) is 4.95. The lowest BCUT2D eigenvalue weighted by Gasteiger charge is -2.24. The summed E-state index contributed by atoms with van der Waals surface area (Å²) in [7, 11) is 0. The van der Waals surface area contributed by atoms with Crippen molar-refractivity contribution in [1.82, 2.24) is 9.78 Å². The van der Waals surface area contributed by atoms with E-state index in [1.807, 2.05) is 20.8 Å². The summed E-state index contributed by atoms with van der Waals surface area (Å²) in [5.74, 6) is 1.14. The monoisotopic (exact) mass is 409 g/mol. The number of rotatable bonds is 2. The summed E-state index contributed by atoms with van der Waals surface area (Å²) in [6.07, 6.45) is 3.62. The van der Waals surface area contributed by atoms with Crippen LogP contribution in [0.5, 0.6) is 0 Å². The normalized spacial score (nSPS) is 19.2. The number of fused-ring (bicyclic) bond motifs is 1. The zero-order chi connectivity index (χ0) is 21.6. The van der Waals surface area contributed by atoms with Gasteiger partial charge in [-0.25, -0.2) is 4.99 Å². The van der Waals surface area contributed by atoms with E-state index in [9.17, 15) is 9.59 Å². The first kappa shape index (κ1) is 20.3. The molecular weight excluding hydrogens is 382 g/mol. The summed E-state index contributed by atoms with van der Waals surface area (Å²) < 4.78 is 6.95. The van der Waals surface area contributed by atoms with Gasteiger partial charge in [0.05, 0.1) is 17.2 Å². The standard InChI is InChI=1S/C22H27N5O3/c1-12-10-15(13(2)30-12)20(29)24-18-11-17(22(3,4)5)26-27(18)21-23-16-9-7-6-8-14(16)19(28)25-21/h10-11,14H,6-9H2,1-5H3,(H,24,29). The molecule has 0 aromatic carbocycles. The maximum atomic E-state index is 12.9. The third-order valence-electron chi connectivity index (χ3n) is 5.52. The van der Waals surface area contributed by atoms with Crippen molar-refractivity contribution in [3.05, 3.63) is 34.9 Å². The van der Waals surface area contributed by atoms with Crippen molar-refractivity contribution in [3.63, 3.8) is 0 Å². The van der Waals surface area contributed by atoms with Crippen molar-refractivity contribution in [3.8, 4) is 0 Å². The van der Waals surface area contributed by atoms with Gasteiger partial charge in [-0.15, -0.1) is 0 Å². The number of nitrogens with zero attached hydrogens (tertiary/aromatic N) is 4. The molecule has 2 aliphatic rings. The van der Waals surface area contributed by atoms with Crippen molar-refractivity contribution < 1.29 is 14.0 Å². The van der Waals surface area contributed by atoms with Crippen LogP contribution >= 0.6 is 0 Å². The highest BCUT2D eigenvalue weighted by Gasteiger charge is 2.33. The lowest BCUT2D eigenvalue weighted by atomic mass is 9.86. The molecule has 1 fully saturated rings. The van der Waals surface area contributed by atoms with E-state index < -0.39 is 0 Å². The van der Waals surface area contributed by atoms with Crippen molar-refractivity contribution >= 4 is 29.3 Å².